The number of hydrogen-bond acceptors (Lipinski definition) is 2. The van der Waals surface area contributed by atoms with Crippen molar-refractivity contribution in [2.24, 2.45) is 0 Å². The molecule has 1 aliphatic rings. The third-order valence-corrected chi connectivity index (χ3v) is 4.23. The van der Waals surface area contributed by atoms with Gasteiger partial charge in [-0.25, -0.2) is 4.39 Å². The van der Waals surface area contributed by atoms with Crippen molar-refractivity contribution in [1.82, 2.24) is 10.2 Å². The second-order valence-corrected chi connectivity index (χ2v) is 5.82. The standard InChI is InChI=1S/C19H19FN2O2/c20-17-8-4-3-7-16(17)19(24)21-11-9-18(23)22-12-10-14-5-1-2-6-15(14)13-22/h1-8H,9-13H2,(H,21,24). The molecule has 0 radical (unpaired) electrons. The number of carbonyl (C=O) groups is 2. The number of hydrogen-bond donors (Lipinski definition) is 1. The van der Waals surface area contributed by atoms with Crippen LogP contribution in [0.1, 0.15) is 27.9 Å². The van der Waals surface area contributed by atoms with Gasteiger partial charge in [-0.2, -0.15) is 0 Å². The summed E-state index contributed by atoms with van der Waals surface area (Å²) in [6.45, 7) is 1.50. The Hall–Kier alpha value is -2.69. The molecule has 0 saturated carbocycles. The molecule has 3 rings (SSSR count). The van der Waals surface area contributed by atoms with Crippen molar-refractivity contribution >= 4 is 11.8 Å². The first-order valence-corrected chi connectivity index (χ1v) is 8.02. The summed E-state index contributed by atoms with van der Waals surface area (Å²) >= 11 is 0. The highest BCUT2D eigenvalue weighted by Gasteiger charge is 2.20. The van der Waals surface area contributed by atoms with E-state index in [4.69, 9.17) is 0 Å². The van der Waals surface area contributed by atoms with E-state index in [1.165, 1.54) is 29.3 Å². The Morgan fingerprint density at radius 1 is 1.04 bits per heavy atom. The summed E-state index contributed by atoms with van der Waals surface area (Å²) < 4.78 is 13.5. The number of nitrogens with one attached hydrogen (secondary N) is 1. The van der Waals surface area contributed by atoms with E-state index in [1.54, 1.807) is 11.0 Å². The topological polar surface area (TPSA) is 49.4 Å². The lowest BCUT2D eigenvalue weighted by molar-refractivity contribution is -0.131. The van der Waals surface area contributed by atoms with Gasteiger partial charge in [0.2, 0.25) is 5.91 Å². The zero-order valence-electron chi connectivity index (χ0n) is 13.3. The highest BCUT2D eigenvalue weighted by atomic mass is 19.1. The van der Waals surface area contributed by atoms with Gasteiger partial charge in [-0.3, -0.25) is 9.59 Å². The average molecular weight is 326 g/mol. The van der Waals surface area contributed by atoms with Crippen LogP contribution in [0.4, 0.5) is 4.39 Å². The van der Waals surface area contributed by atoms with Crippen LogP contribution in [-0.4, -0.2) is 29.8 Å². The molecule has 0 atom stereocenters. The minimum absolute atomic E-state index is 0.00154. The maximum Gasteiger partial charge on any atom is 0.254 e. The molecule has 0 saturated heterocycles. The number of nitrogens with zero attached hydrogens (tertiary/aromatic N) is 1. The van der Waals surface area contributed by atoms with Gasteiger partial charge in [0.1, 0.15) is 5.82 Å². The predicted octanol–water partition coefficient (Wildman–Crippen LogP) is 2.53. The third kappa shape index (κ3) is 3.62. The molecule has 0 aromatic heterocycles. The number of carbonyl (C=O) groups excluding carboxylic acids is 2. The largest absolute Gasteiger partial charge is 0.351 e. The van der Waals surface area contributed by atoms with Gasteiger partial charge in [-0.05, 0) is 29.7 Å². The summed E-state index contributed by atoms with van der Waals surface area (Å²) in [5.74, 6) is -1.06. The maximum atomic E-state index is 13.5. The second-order valence-electron chi connectivity index (χ2n) is 5.82. The van der Waals surface area contributed by atoms with Crippen LogP contribution >= 0.6 is 0 Å². The van der Waals surface area contributed by atoms with Crippen molar-refractivity contribution in [3.05, 3.63) is 71.0 Å². The van der Waals surface area contributed by atoms with E-state index >= 15 is 0 Å². The molecule has 0 bridgehead atoms. The fourth-order valence-electron chi connectivity index (χ4n) is 2.89. The van der Waals surface area contributed by atoms with Gasteiger partial charge in [-0.1, -0.05) is 36.4 Å². The van der Waals surface area contributed by atoms with Crippen LogP contribution in [0.15, 0.2) is 48.5 Å². The number of rotatable bonds is 4. The van der Waals surface area contributed by atoms with E-state index in [1.807, 2.05) is 18.2 Å². The summed E-state index contributed by atoms with van der Waals surface area (Å²) in [4.78, 5) is 26.0. The van der Waals surface area contributed by atoms with Crippen molar-refractivity contribution in [3.8, 4) is 0 Å². The van der Waals surface area contributed by atoms with Crippen LogP contribution in [0.5, 0.6) is 0 Å². The van der Waals surface area contributed by atoms with Crippen molar-refractivity contribution in [3.63, 3.8) is 0 Å². The third-order valence-electron chi connectivity index (χ3n) is 4.23. The molecule has 24 heavy (non-hydrogen) atoms. The molecule has 2 aromatic rings. The molecule has 5 heteroatoms. The van der Waals surface area contributed by atoms with E-state index in [0.717, 1.165) is 6.42 Å². The van der Waals surface area contributed by atoms with Crippen LogP contribution in [0, 0.1) is 5.82 Å². The Morgan fingerprint density at radius 2 is 1.75 bits per heavy atom. The number of benzene rings is 2. The molecule has 4 nitrogen and oxygen atoms in total. The number of halogens is 1. The molecule has 1 N–H and O–H groups in total. The maximum absolute atomic E-state index is 13.5. The Kier molecular flexibility index (Phi) is 4.89. The van der Waals surface area contributed by atoms with Gasteiger partial charge >= 0.3 is 0 Å². The number of fused-ring (bicyclic) bond motifs is 1. The van der Waals surface area contributed by atoms with Crippen molar-refractivity contribution in [2.45, 2.75) is 19.4 Å². The molecule has 2 amide bonds. The minimum atomic E-state index is -0.561. The zero-order valence-corrected chi connectivity index (χ0v) is 13.3. The molecule has 124 valence electrons. The van der Waals surface area contributed by atoms with E-state index in [-0.39, 0.29) is 24.4 Å². The van der Waals surface area contributed by atoms with E-state index in [9.17, 15) is 14.0 Å². The highest BCUT2D eigenvalue weighted by Crippen LogP contribution is 2.18. The Balaban J connectivity index is 1.50. The van der Waals surface area contributed by atoms with Crippen molar-refractivity contribution in [2.75, 3.05) is 13.1 Å². The predicted molar refractivity (Wildman–Crippen MR) is 88.9 cm³/mol. The molecule has 2 aromatic carbocycles. The summed E-state index contributed by atoms with van der Waals surface area (Å²) in [6.07, 6.45) is 1.06. The highest BCUT2D eigenvalue weighted by molar-refractivity contribution is 5.94. The van der Waals surface area contributed by atoms with Gasteiger partial charge in [0.25, 0.3) is 5.91 Å². The summed E-state index contributed by atoms with van der Waals surface area (Å²) in [5.41, 5.74) is 2.46. The Bertz CT molecular complexity index is 761. The smallest absolute Gasteiger partial charge is 0.254 e. The van der Waals surface area contributed by atoms with Gasteiger partial charge in [0.15, 0.2) is 0 Å². The fraction of sp³-hybridized carbons (Fsp3) is 0.263. The SMILES string of the molecule is O=C(NCCC(=O)N1CCc2ccccc2C1)c1ccccc1F. The fourth-order valence-corrected chi connectivity index (χ4v) is 2.89. The number of amides is 2. The first kappa shape index (κ1) is 16.2. The van der Waals surface area contributed by atoms with Crippen LogP contribution in [-0.2, 0) is 17.8 Å². The van der Waals surface area contributed by atoms with E-state index in [2.05, 4.69) is 11.4 Å². The van der Waals surface area contributed by atoms with Gasteiger partial charge in [0, 0.05) is 26.1 Å². The Morgan fingerprint density at radius 3 is 2.54 bits per heavy atom. The summed E-state index contributed by atoms with van der Waals surface area (Å²) in [5, 5.41) is 2.60. The lowest BCUT2D eigenvalue weighted by atomic mass is 10.00. The first-order chi connectivity index (χ1) is 11.6. The molecule has 0 aliphatic carbocycles. The monoisotopic (exact) mass is 326 g/mol. The normalized spacial score (nSPS) is 13.3. The molecular weight excluding hydrogens is 307 g/mol. The quantitative estimate of drug-likeness (QED) is 0.939. The zero-order chi connectivity index (χ0) is 16.9. The van der Waals surface area contributed by atoms with E-state index < -0.39 is 11.7 Å². The van der Waals surface area contributed by atoms with Crippen LogP contribution in [0.2, 0.25) is 0 Å². The average Bonchev–Trinajstić information content (AvgIpc) is 2.61. The van der Waals surface area contributed by atoms with Crippen molar-refractivity contribution < 1.29 is 14.0 Å². The molecule has 0 spiro atoms. The summed E-state index contributed by atoms with van der Waals surface area (Å²) in [6, 6.07) is 13.9. The van der Waals surface area contributed by atoms with Crippen LogP contribution < -0.4 is 5.32 Å². The van der Waals surface area contributed by atoms with Crippen LogP contribution in [0.25, 0.3) is 0 Å². The minimum Gasteiger partial charge on any atom is -0.351 e. The summed E-state index contributed by atoms with van der Waals surface area (Å²) in [7, 11) is 0. The van der Waals surface area contributed by atoms with Gasteiger partial charge in [-0.15, -0.1) is 0 Å². The molecule has 1 aliphatic heterocycles. The lowest BCUT2D eigenvalue weighted by Crippen LogP contribution is -2.38. The second kappa shape index (κ2) is 7.25. The molecule has 0 unspecified atom stereocenters. The van der Waals surface area contributed by atoms with Gasteiger partial charge in [0.05, 0.1) is 5.56 Å². The lowest BCUT2D eigenvalue weighted by Gasteiger charge is -2.29. The van der Waals surface area contributed by atoms with Gasteiger partial charge < -0.3 is 10.2 Å². The Labute approximate surface area is 140 Å². The van der Waals surface area contributed by atoms with Crippen molar-refractivity contribution in [1.29, 1.82) is 0 Å². The molecule has 1 heterocycles. The van der Waals surface area contributed by atoms with E-state index in [0.29, 0.717) is 13.1 Å². The first-order valence-electron chi connectivity index (χ1n) is 8.02. The molecule has 0 fully saturated rings. The van der Waals surface area contributed by atoms with Crippen LogP contribution in [0.3, 0.4) is 0 Å². The molecular formula is C19H19FN2O2.